The average molecular weight is 384 g/mol. The Bertz CT molecular complexity index is 787. The minimum absolute atomic E-state index is 0. The number of pyridine rings is 1. The Balaban J connectivity index is 0.00000225. The lowest BCUT2D eigenvalue weighted by Gasteiger charge is -2.35. The van der Waals surface area contributed by atoms with E-state index in [2.05, 4.69) is 10.3 Å². The van der Waals surface area contributed by atoms with Crippen molar-refractivity contribution >= 4 is 22.4 Å². The minimum Gasteiger partial charge on any atom is -0.380 e. The molecule has 1 aromatic heterocycles. The van der Waals surface area contributed by atoms with Crippen LogP contribution in [0.5, 0.6) is 0 Å². The molecule has 1 N–H and O–H groups in total. The molecular formula is C17H22ClN3O3S. The van der Waals surface area contributed by atoms with Crippen LogP contribution in [-0.4, -0.2) is 44.5 Å². The van der Waals surface area contributed by atoms with Crippen LogP contribution in [0.3, 0.4) is 0 Å². The lowest BCUT2D eigenvalue weighted by atomic mass is 10.1. The second-order valence-electron chi connectivity index (χ2n) is 5.70. The van der Waals surface area contributed by atoms with Crippen molar-refractivity contribution in [3.8, 4) is 0 Å². The summed E-state index contributed by atoms with van der Waals surface area (Å²) in [5, 5.41) is 3.26. The number of hydrogen-bond acceptors (Lipinski definition) is 5. The molecule has 2 heterocycles. The van der Waals surface area contributed by atoms with Crippen molar-refractivity contribution in [3.05, 3.63) is 59.9 Å². The standard InChI is InChI=1S/C17H21N3O3S.ClH/c1-23-13-14-4-2-6-16(10-14)24(21,22)20-9-8-19-12-17(20)15-5-3-7-18-11-15;/h2-7,10-11,17,19H,8-9,12-13H2,1H3;1H. The molecule has 1 atom stereocenters. The number of methoxy groups -OCH3 is 1. The highest BCUT2D eigenvalue weighted by atomic mass is 35.5. The fraction of sp³-hybridized carbons (Fsp3) is 0.353. The fourth-order valence-corrected chi connectivity index (χ4v) is 4.61. The molecule has 6 nitrogen and oxygen atoms in total. The summed E-state index contributed by atoms with van der Waals surface area (Å²) >= 11 is 0. The number of halogens is 1. The molecule has 0 aliphatic carbocycles. The zero-order valence-corrected chi connectivity index (χ0v) is 15.6. The van der Waals surface area contributed by atoms with Gasteiger partial charge in [-0.3, -0.25) is 4.98 Å². The third-order valence-corrected chi connectivity index (χ3v) is 5.98. The first-order valence-electron chi connectivity index (χ1n) is 7.83. The summed E-state index contributed by atoms with van der Waals surface area (Å²) < 4.78 is 33.0. The average Bonchev–Trinajstić information content (AvgIpc) is 2.63. The third kappa shape index (κ3) is 4.37. The molecule has 0 spiro atoms. The molecule has 1 aliphatic heterocycles. The van der Waals surface area contributed by atoms with Gasteiger partial charge in [0.25, 0.3) is 0 Å². The molecule has 1 fully saturated rings. The number of nitrogens with zero attached hydrogens (tertiary/aromatic N) is 2. The first-order chi connectivity index (χ1) is 11.6. The van der Waals surface area contributed by atoms with E-state index in [0.717, 1.165) is 11.1 Å². The second kappa shape index (κ2) is 8.73. The Labute approximate surface area is 154 Å². The quantitative estimate of drug-likeness (QED) is 0.854. The Hall–Kier alpha value is -1.51. The maximum atomic E-state index is 13.2. The van der Waals surface area contributed by atoms with Gasteiger partial charge >= 0.3 is 0 Å². The molecule has 0 bridgehead atoms. The van der Waals surface area contributed by atoms with E-state index in [0.29, 0.717) is 31.1 Å². The van der Waals surface area contributed by atoms with E-state index in [-0.39, 0.29) is 18.4 Å². The first kappa shape index (κ1) is 19.8. The van der Waals surface area contributed by atoms with Gasteiger partial charge in [0.15, 0.2) is 0 Å². The van der Waals surface area contributed by atoms with E-state index in [1.165, 1.54) is 0 Å². The molecule has 136 valence electrons. The van der Waals surface area contributed by atoms with E-state index in [1.807, 2.05) is 18.2 Å². The molecule has 3 rings (SSSR count). The molecule has 25 heavy (non-hydrogen) atoms. The smallest absolute Gasteiger partial charge is 0.243 e. The van der Waals surface area contributed by atoms with Crippen molar-refractivity contribution in [2.75, 3.05) is 26.7 Å². The molecule has 0 amide bonds. The van der Waals surface area contributed by atoms with E-state index < -0.39 is 10.0 Å². The van der Waals surface area contributed by atoms with E-state index in [4.69, 9.17) is 4.74 Å². The molecule has 1 aromatic carbocycles. The Morgan fingerprint density at radius 2 is 2.16 bits per heavy atom. The number of rotatable bonds is 5. The van der Waals surface area contributed by atoms with Gasteiger partial charge in [0.1, 0.15) is 0 Å². The van der Waals surface area contributed by atoms with Gasteiger partial charge in [0, 0.05) is 39.1 Å². The largest absolute Gasteiger partial charge is 0.380 e. The number of sulfonamides is 1. The Kier molecular flexibility index (Phi) is 6.92. The lowest BCUT2D eigenvalue weighted by molar-refractivity contribution is 0.184. The third-order valence-electron chi connectivity index (χ3n) is 4.08. The lowest BCUT2D eigenvalue weighted by Crippen LogP contribution is -2.48. The Morgan fingerprint density at radius 3 is 2.88 bits per heavy atom. The predicted molar refractivity (Wildman–Crippen MR) is 98.1 cm³/mol. The van der Waals surface area contributed by atoms with Crippen molar-refractivity contribution < 1.29 is 13.2 Å². The number of nitrogens with one attached hydrogen (secondary N) is 1. The van der Waals surface area contributed by atoms with E-state index in [9.17, 15) is 8.42 Å². The van der Waals surface area contributed by atoms with Gasteiger partial charge in [-0.15, -0.1) is 12.4 Å². The van der Waals surface area contributed by atoms with Gasteiger partial charge in [0.2, 0.25) is 10.0 Å². The van der Waals surface area contributed by atoms with Crippen molar-refractivity contribution in [1.29, 1.82) is 0 Å². The summed E-state index contributed by atoms with van der Waals surface area (Å²) in [6.45, 7) is 2.02. The number of benzene rings is 1. The minimum atomic E-state index is -3.59. The van der Waals surface area contributed by atoms with Gasteiger partial charge in [-0.1, -0.05) is 18.2 Å². The van der Waals surface area contributed by atoms with Crippen molar-refractivity contribution in [3.63, 3.8) is 0 Å². The summed E-state index contributed by atoms with van der Waals surface area (Å²) in [7, 11) is -2.00. The fourth-order valence-electron chi connectivity index (χ4n) is 2.93. The number of piperazine rings is 1. The highest BCUT2D eigenvalue weighted by molar-refractivity contribution is 7.89. The van der Waals surface area contributed by atoms with Crippen LogP contribution >= 0.6 is 12.4 Å². The van der Waals surface area contributed by atoms with Gasteiger partial charge in [-0.25, -0.2) is 8.42 Å². The SMILES string of the molecule is COCc1cccc(S(=O)(=O)N2CCNCC2c2cccnc2)c1.Cl. The van der Waals surface area contributed by atoms with Gasteiger partial charge in [-0.05, 0) is 29.3 Å². The van der Waals surface area contributed by atoms with Gasteiger partial charge in [0.05, 0.1) is 17.5 Å². The van der Waals surface area contributed by atoms with Gasteiger partial charge in [-0.2, -0.15) is 4.31 Å². The summed E-state index contributed by atoms with van der Waals surface area (Å²) in [5.74, 6) is 0. The zero-order chi connectivity index (χ0) is 17.0. The summed E-state index contributed by atoms with van der Waals surface area (Å²) in [4.78, 5) is 4.42. The predicted octanol–water partition coefficient (Wildman–Crippen LogP) is 1.98. The van der Waals surface area contributed by atoms with Gasteiger partial charge < -0.3 is 10.1 Å². The molecule has 8 heteroatoms. The molecular weight excluding hydrogens is 362 g/mol. The monoisotopic (exact) mass is 383 g/mol. The summed E-state index contributed by atoms with van der Waals surface area (Å²) in [6, 6.07) is 10.4. The van der Waals surface area contributed by atoms with Crippen molar-refractivity contribution in [2.24, 2.45) is 0 Å². The number of hydrogen-bond donors (Lipinski definition) is 1. The van der Waals surface area contributed by atoms with Crippen molar-refractivity contribution in [2.45, 2.75) is 17.5 Å². The molecule has 1 saturated heterocycles. The van der Waals surface area contributed by atoms with Crippen LogP contribution in [0.4, 0.5) is 0 Å². The molecule has 1 aliphatic rings. The van der Waals surface area contributed by atoms with Crippen LogP contribution in [0.1, 0.15) is 17.2 Å². The van der Waals surface area contributed by atoms with Crippen LogP contribution in [0.15, 0.2) is 53.7 Å². The molecule has 0 saturated carbocycles. The highest BCUT2D eigenvalue weighted by Gasteiger charge is 2.34. The molecule has 1 unspecified atom stereocenters. The van der Waals surface area contributed by atoms with Crippen LogP contribution < -0.4 is 5.32 Å². The van der Waals surface area contributed by atoms with Crippen LogP contribution in [0, 0.1) is 0 Å². The van der Waals surface area contributed by atoms with E-state index in [1.54, 1.807) is 42.0 Å². The van der Waals surface area contributed by atoms with Crippen LogP contribution in [-0.2, 0) is 21.4 Å². The Morgan fingerprint density at radius 1 is 1.32 bits per heavy atom. The van der Waals surface area contributed by atoms with Crippen molar-refractivity contribution in [1.82, 2.24) is 14.6 Å². The molecule has 0 radical (unpaired) electrons. The number of ether oxygens (including phenoxy) is 1. The first-order valence-corrected chi connectivity index (χ1v) is 9.27. The summed E-state index contributed by atoms with van der Waals surface area (Å²) in [6.07, 6.45) is 3.41. The maximum Gasteiger partial charge on any atom is 0.243 e. The van der Waals surface area contributed by atoms with E-state index >= 15 is 0 Å². The second-order valence-corrected chi connectivity index (χ2v) is 7.59. The number of aromatic nitrogens is 1. The highest BCUT2D eigenvalue weighted by Crippen LogP contribution is 2.28. The van der Waals surface area contributed by atoms with Crippen LogP contribution in [0.2, 0.25) is 0 Å². The topological polar surface area (TPSA) is 71.5 Å². The molecule has 2 aromatic rings. The zero-order valence-electron chi connectivity index (χ0n) is 14.0. The normalized spacial score (nSPS) is 18.5. The van der Waals surface area contributed by atoms with Crippen LogP contribution in [0.25, 0.3) is 0 Å². The summed E-state index contributed by atoms with van der Waals surface area (Å²) in [5.41, 5.74) is 1.73. The maximum absolute atomic E-state index is 13.2.